The van der Waals surface area contributed by atoms with Gasteiger partial charge in [0.05, 0.1) is 10.6 Å². The van der Waals surface area contributed by atoms with Crippen LogP contribution in [0.4, 0.5) is 10.1 Å². The Bertz CT molecular complexity index is 1750. The Hall–Kier alpha value is -4.02. The molecule has 4 aromatic carbocycles. The number of aryl methyl sites for hydroxylation is 1. The Kier molecular flexibility index (Phi) is 10.9. The molecule has 46 heavy (non-hydrogen) atoms. The number of anilines is 1. The molecule has 1 unspecified atom stereocenters. The number of nitrogens with zero attached hydrogens (tertiary/aromatic N) is 2. The summed E-state index contributed by atoms with van der Waals surface area (Å²) in [7, 11) is -4.22. The summed E-state index contributed by atoms with van der Waals surface area (Å²) in [6.07, 6.45) is 3.87. The largest absolute Gasteiger partial charge is 0.352 e. The predicted octanol–water partition coefficient (Wildman–Crippen LogP) is 6.79. The SMILES string of the molecule is Cc1ccc(S(=O)(=O)N(CC(=O)N(Cc2ccccc2F)C(Cc2ccccc2)C(=O)NC2CCCC2)c2ccc(Br)cc2)cc1. The van der Waals surface area contributed by atoms with Gasteiger partial charge in [0.15, 0.2) is 0 Å². The van der Waals surface area contributed by atoms with Gasteiger partial charge in [-0.15, -0.1) is 0 Å². The highest BCUT2D eigenvalue weighted by molar-refractivity contribution is 9.10. The van der Waals surface area contributed by atoms with Crippen LogP contribution in [0.3, 0.4) is 0 Å². The predicted molar refractivity (Wildman–Crippen MR) is 181 cm³/mol. The van der Waals surface area contributed by atoms with Gasteiger partial charge in [-0.05, 0) is 67.8 Å². The van der Waals surface area contributed by atoms with Gasteiger partial charge < -0.3 is 10.2 Å². The third-order valence-electron chi connectivity index (χ3n) is 8.27. The average Bonchev–Trinajstić information content (AvgIpc) is 3.56. The molecule has 4 aromatic rings. The zero-order chi connectivity index (χ0) is 32.7. The zero-order valence-corrected chi connectivity index (χ0v) is 28.0. The fraction of sp³-hybridized carbons (Fsp3) is 0.278. The van der Waals surface area contributed by atoms with E-state index in [-0.39, 0.29) is 41.1 Å². The van der Waals surface area contributed by atoms with Gasteiger partial charge in [-0.3, -0.25) is 13.9 Å². The summed E-state index contributed by atoms with van der Waals surface area (Å²) in [6, 6.07) is 27.4. The van der Waals surface area contributed by atoms with E-state index in [9.17, 15) is 18.0 Å². The van der Waals surface area contributed by atoms with Crippen molar-refractivity contribution < 1.29 is 22.4 Å². The first kappa shape index (κ1) is 33.3. The van der Waals surface area contributed by atoms with E-state index in [1.54, 1.807) is 54.6 Å². The lowest BCUT2D eigenvalue weighted by molar-refractivity contribution is -0.140. The number of carbonyl (C=O) groups is 2. The zero-order valence-electron chi connectivity index (χ0n) is 25.6. The number of rotatable bonds is 12. The number of hydrogen-bond acceptors (Lipinski definition) is 4. The second-order valence-electron chi connectivity index (χ2n) is 11.6. The molecule has 0 spiro atoms. The molecule has 7 nitrogen and oxygen atoms in total. The third kappa shape index (κ3) is 8.22. The highest BCUT2D eigenvalue weighted by Crippen LogP contribution is 2.27. The molecule has 240 valence electrons. The number of sulfonamides is 1. The summed E-state index contributed by atoms with van der Waals surface area (Å²) >= 11 is 3.39. The molecule has 1 fully saturated rings. The Morgan fingerprint density at radius 1 is 0.891 bits per heavy atom. The van der Waals surface area contributed by atoms with Crippen LogP contribution in [0.1, 0.15) is 42.4 Å². The van der Waals surface area contributed by atoms with Crippen molar-refractivity contribution in [2.75, 3.05) is 10.8 Å². The van der Waals surface area contributed by atoms with E-state index in [0.29, 0.717) is 0 Å². The lowest BCUT2D eigenvalue weighted by atomic mass is 10.0. The van der Waals surface area contributed by atoms with Gasteiger partial charge in [0.2, 0.25) is 11.8 Å². The molecule has 0 aromatic heterocycles. The first-order valence-electron chi connectivity index (χ1n) is 15.3. The van der Waals surface area contributed by atoms with Crippen LogP contribution in [0.15, 0.2) is 112 Å². The lowest BCUT2D eigenvalue weighted by Crippen LogP contribution is -2.54. The van der Waals surface area contributed by atoms with E-state index in [4.69, 9.17) is 0 Å². The molecule has 0 aliphatic heterocycles. The molecule has 2 amide bonds. The quantitative estimate of drug-likeness (QED) is 0.176. The van der Waals surface area contributed by atoms with Crippen LogP contribution in [0, 0.1) is 12.7 Å². The maximum absolute atomic E-state index is 15.1. The summed E-state index contributed by atoms with van der Waals surface area (Å²) in [4.78, 5) is 29.9. The normalized spacial score (nSPS) is 14.1. The summed E-state index contributed by atoms with van der Waals surface area (Å²) in [5.41, 5.74) is 2.20. The van der Waals surface area contributed by atoms with Crippen molar-refractivity contribution in [1.29, 1.82) is 0 Å². The number of benzene rings is 4. The average molecular weight is 707 g/mol. The van der Waals surface area contributed by atoms with Gasteiger partial charge in [0.1, 0.15) is 18.4 Å². The van der Waals surface area contributed by atoms with Gasteiger partial charge in [0.25, 0.3) is 10.0 Å². The summed E-state index contributed by atoms with van der Waals surface area (Å²) in [5.74, 6) is -1.51. The van der Waals surface area contributed by atoms with E-state index in [1.807, 2.05) is 37.3 Å². The highest BCUT2D eigenvalue weighted by Gasteiger charge is 2.36. The maximum Gasteiger partial charge on any atom is 0.264 e. The van der Waals surface area contributed by atoms with Gasteiger partial charge >= 0.3 is 0 Å². The van der Waals surface area contributed by atoms with E-state index in [0.717, 1.165) is 45.6 Å². The van der Waals surface area contributed by atoms with Crippen molar-refractivity contribution in [3.05, 3.63) is 130 Å². The van der Waals surface area contributed by atoms with Crippen molar-refractivity contribution in [1.82, 2.24) is 10.2 Å². The topological polar surface area (TPSA) is 86.8 Å². The number of carbonyl (C=O) groups excluding carboxylic acids is 2. The van der Waals surface area contributed by atoms with Crippen molar-refractivity contribution in [3.8, 4) is 0 Å². The van der Waals surface area contributed by atoms with Gasteiger partial charge in [-0.25, -0.2) is 12.8 Å². The summed E-state index contributed by atoms with van der Waals surface area (Å²) in [5, 5.41) is 3.12. The number of hydrogen-bond donors (Lipinski definition) is 1. The van der Waals surface area contributed by atoms with Crippen LogP contribution in [0.5, 0.6) is 0 Å². The lowest BCUT2D eigenvalue weighted by Gasteiger charge is -2.34. The molecule has 0 bridgehead atoms. The van der Waals surface area contributed by atoms with Crippen molar-refractivity contribution in [2.45, 2.75) is 62.6 Å². The van der Waals surface area contributed by atoms with E-state index < -0.39 is 34.3 Å². The molecule has 1 atom stereocenters. The smallest absolute Gasteiger partial charge is 0.264 e. The molecule has 1 N–H and O–H groups in total. The monoisotopic (exact) mass is 705 g/mol. The fourth-order valence-corrected chi connectivity index (χ4v) is 7.38. The molecule has 1 aliphatic carbocycles. The Morgan fingerprint density at radius 2 is 1.52 bits per heavy atom. The fourth-order valence-electron chi connectivity index (χ4n) is 5.71. The molecule has 0 radical (unpaired) electrons. The molecule has 0 heterocycles. The van der Waals surface area contributed by atoms with Crippen LogP contribution >= 0.6 is 15.9 Å². The first-order chi connectivity index (χ1) is 22.1. The Labute approximate surface area is 278 Å². The molecule has 5 rings (SSSR count). The third-order valence-corrected chi connectivity index (χ3v) is 10.6. The van der Waals surface area contributed by atoms with E-state index >= 15 is 4.39 Å². The van der Waals surface area contributed by atoms with Crippen LogP contribution in [-0.4, -0.2) is 43.8 Å². The molecule has 1 aliphatic rings. The van der Waals surface area contributed by atoms with Crippen LogP contribution < -0.4 is 9.62 Å². The van der Waals surface area contributed by atoms with Crippen LogP contribution in [0.2, 0.25) is 0 Å². The first-order valence-corrected chi connectivity index (χ1v) is 17.6. The van der Waals surface area contributed by atoms with Gasteiger partial charge in [-0.1, -0.05) is 95.0 Å². The molecular weight excluding hydrogens is 669 g/mol. The van der Waals surface area contributed by atoms with Crippen molar-refractivity contribution in [2.24, 2.45) is 0 Å². The standard InChI is InChI=1S/C36H37BrFN3O4S/c1-26-15-21-32(22-16-26)46(44,45)41(31-19-17-29(37)18-20-31)25-35(42)40(24-28-11-5-8-14-33(28)38)34(23-27-9-3-2-4-10-27)36(43)39-30-12-6-7-13-30/h2-5,8-11,14-22,30,34H,6-7,12-13,23-25H2,1H3,(H,39,43). The number of nitrogens with one attached hydrogen (secondary N) is 1. The van der Waals surface area contributed by atoms with Crippen LogP contribution in [0.25, 0.3) is 0 Å². The second-order valence-corrected chi connectivity index (χ2v) is 14.4. The molecule has 0 saturated heterocycles. The number of amides is 2. The minimum Gasteiger partial charge on any atom is -0.352 e. The Morgan fingerprint density at radius 3 is 2.17 bits per heavy atom. The molecule has 1 saturated carbocycles. The highest BCUT2D eigenvalue weighted by atomic mass is 79.9. The summed E-state index contributed by atoms with van der Waals surface area (Å²) < 4.78 is 45.1. The van der Waals surface area contributed by atoms with E-state index in [1.165, 1.54) is 23.1 Å². The Balaban J connectivity index is 1.57. The number of halogens is 2. The van der Waals surface area contributed by atoms with Crippen LogP contribution in [-0.2, 0) is 32.6 Å². The van der Waals surface area contributed by atoms with Crippen molar-refractivity contribution in [3.63, 3.8) is 0 Å². The molecule has 10 heteroatoms. The second kappa shape index (κ2) is 15.0. The van der Waals surface area contributed by atoms with Gasteiger partial charge in [0, 0.05) is 29.0 Å². The summed E-state index contributed by atoms with van der Waals surface area (Å²) in [6.45, 7) is 1.03. The maximum atomic E-state index is 15.1. The minimum absolute atomic E-state index is 0.0163. The van der Waals surface area contributed by atoms with Crippen molar-refractivity contribution >= 4 is 43.5 Å². The molecular formula is C36H37BrFN3O4S. The minimum atomic E-state index is -4.22. The van der Waals surface area contributed by atoms with E-state index in [2.05, 4.69) is 21.2 Å². The van der Waals surface area contributed by atoms with Gasteiger partial charge in [-0.2, -0.15) is 0 Å².